The Morgan fingerprint density at radius 1 is 1.25 bits per heavy atom. The van der Waals surface area contributed by atoms with E-state index in [4.69, 9.17) is 4.52 Å². The first kappa shape index (κ1) is 12.6. The highest BCUT2D eigenvalue weighted by Crippen LogP contribution is 2.49. The molecule has 0 saturated heterocycles. The Morgan fingerprint density at radius 3 is 2.31 bits per heavy atom. The van der Waals surface area contributed by atoms with E-state index in [1.165, 1.54) is 24.3 Å². The lowest BCUT2D eigenvalue weighted by Gasteiger charge is -2.13. The van der Waals surface area contributed by atoms with E-state index in [1.807, 2.05) is 0 Å². The quantitative estimate of drug-likeness (QED) is 0.451. The highest BCUT2D eigenvalue weighted by Gasteiger charge is 2.28. The first-order chi connectivity index (χ1) is 7.52. The first-order valence-electron chi connectivity index (χ1n) is 4.17. The minimum atomic E-state index is -3.77. The van der Waals surface area contributed by atoms with Crippen molar-refractivity contribution in [3.63, 3.8) is 0 Å². The lowest BCUT2D eigenvalue weighted by atomic mass is 10.3. The third-order valence-corrected chi connectivity index (χ3v) is 3.03. The van der Waals surface area contributed by atoms with Crippen molar-refractivity contribution in [3.8, 4) is 5.75 Å². The van der Waals surface area contributed by atoms with E-state index in [0.717, 1.165) is 14.2 Å². The molecular weight excluding hydrogens is 237 g/mol. The molecule has 0 fully saturated rings. The van der Waals surface area contributed by atoms with Crippen LogP contribution in [0.25, 0.3) is 0 Å². The molecule has 0 unspecified atom stereocenters. The van der Waals surface area contributed by atoms with Gasteiger partial charge in [0.25, 0.3) is 0 Å². The summed E-state index contributed by atoms with van der Waals surface area (Å²) in [4.78, 5) is 9.99. The molecule has 7 nitrogen and oxygen atoms in total. The summed E-state index contributed by atoms with van der Waals surface area (Å²) in [5, 5.41) is 10.6. The summed E-state index contributed by atoms with van der Waals surface area (Å²) < 4.78 is 25.5. The molecule has 0 radical (unpaired) electrons. The van der Waals surface area contributed by atoms with Crippen LogP contribution in [0.3, 0.4) is 0 Å². The molecule has 0 heterocycles. The number of nitrogens with zero attached hydrogens (tertiary/aromatic N) is 1. The minimum absolute atomic E-state index is 0.167. The van der Waals surface area contributed by atoms with Crippen LogP contribution in [0.4, 0.5) is 5.69 Å². The van der Waals surface area contributed by atoms with E-state index in [1.54, 1.807) is 0 Å². The zero-order valence-electron chi connectivity index (χ0n) is 8.65. The van der Waals surface area contributed by atoms with Gasteiger partial charge in [-0.25, -0.2) is 4.57 Å². The summed E-state index contributed by atoms with van der Waals surface area (Å²) in [6.07, 6.45) is 0. The van der Waals surface area contributed by atoms with Gasteiger partial charge >= 0.3 is 13.5 Å². The van der Waals surface area contributed by atoms with Crippen molar-refractivity contribution < 1.29 is 23.1 Å². The second kappa shape index (κ2) is 5.07. The van der Waals surface area contributed by atoms with Crippen molar-refractivity contribution in [2.75, 3.05) is 14.2 Å². The molecule has 0 aliphatic carbocycles. The highest BCUT2D eigenvalue weighted by atomic mass is 31.2. The monoisotopic (exact) mass is 247 g/mol. The number of nitro benzene ring substituents is 1. The van der Waals surface area contributed by atoms with Gasteiger partial charge in [0.15, 0.2) is 0 Å². The summed E-state index contributed by atoms with van der Waals surface area (Å²) in [6, 6.07) is 5.52. The molecule has 0 aliphatic rings. The lowest BCUT2D eigenvalue weighted by Crippen LogP contribution is -1.99. The molecule has 0 bridgehead atoms. The van der Waals surface area contributed by atoms with E-state index in [9.17, 15) is 14.7 Å². The van der Waals surface area contributed by atoms with Crippen LogP contribution in [0.5, 0.6) is 5.75 Å². The standard InChI is InChI=1S/C8H10NO6P/c1-13-16(12,14-2)15-8-6-4-3-5-7(8)9(10)11/h3-6H,1-2H3. The molecule has 8 heteroatoms. The van der Waals surface area contributed by atoms with Crippen molar-refractivity contribution in [1.82, 2.24) is 0 Å². The Hall–Kier alpha value is -1.43. The Balaban J connectivity index is 3.06. The van der Waals surface area contributed by atoms with Crippen LogP contribution in [0.2, 0.25) is 0 Å². The molecule has 0 spiro atoms. The Morgan fingerprint density at radius 2 is 1.81 bits per heavy atom. The fraction of sp³-hybridized carbons (Fsp3) is 0.250. The normalized spacial score (nSPS) is 11.1. The molecule has 16 heavy (non-hydrogen) atoms. The molecule has 0 amide bonds. The van der Waals surface area contributed by atoms with Crippen molar-refractivity contribution in [2.24, 2.45) is 0 Å². The fourth-order valence-corrected chi connectivity index (χ4v) is 1.65. The second-order valence-corrected chi connectivity index (χ2v) is 4.44. The fourth-order valence-electron chi connectivity index (χ4n) is 0.955. The molecule has 1 aromatic carbocycles. The molecule has 1 rings (SSSR count). The predicted molar refractivity (Wildman–Crippen MR) is 55.3 cm³/mol. The van der Waals surface area contributed by atoms with Crippen LogP contribution in [-0.4, -0.2) is 19.1 Å². The molecule has 0 aliphatic heterocycles. The largest absolute Gasteiger partial charge is 0.529 e. The van der Waals surface area contributed by atoms with Gasteiger partial charge in [-0.1, -0.05) is 12.1 Å². The average molecular weight is 247 g/mol. The van der Waals surface area contributed by atoms with Gasteiger partial charge in [-0.05, 0) is 6.07 Å². The van der Waals surface area contributed by atoms with Crippen LogP contribution in [0.15, 0.2) is 24.3 Å². The summed E-state index contributed by atoms with van der Waals surface area (Å²) >= 11 is 0. The second-order valence-electron chi connectivity index (χ2n) is 2.63. The van der Waals surface area contributed by atoms with E-state index in [2.05, 4.69) is 9.05 Å². The third kappa shape index (κ3) is 2.79. The number of para-hydroxylation sites is 2. The van der Waals surface area contributed by atoms with E-state index < -0.39 is 12.7 Å². The number of phosphoric acid groups is 1. The number of benzene rings is 1. The van der Waals surface area contributed by atoms with E-state index in [0.29, 0.717) is 0 Å². The zero-order chi connectivity index (χ0) is 12.2. The first-order valence-corrected chi connectivity index (χ1v) is 5.63. The number of phosphoric ester groups is 1. The molecule has 0 saturated carbocycles. The maximum absolute atomic E-state index is 11.6. The Bertz CT molecular complexity index is 426. The van der Waals surface area contributed by atoms with Gasteiger partial charge in [-0.2, -0.15) is 0 Å². The molecule has 0 atom stereocenters. The van der Waals surface area contributed by atoms with Gasteiger partial charge in [-0.15, -0.1) is 0 Å². The van der Waals surface area contributed by atoms with Crippen LogP contribution in [0, 0.1) is 10.1 Å². The van der Waals surface area contributed by atoms with Gasteiger partial charge in [0.1, 0.15) is 0 Å². The van der Waals surface area contributed by atoms with Crippen LogP contribution >= 0.6 is 7.82 Å². The molecule has 88 valence electrons. The SMILES string of the molecule is COP(=O)(OC)Oc1ccccc1[N+](=O)[O-]. The number of rotatable bonds is 5. The Kier molecular flexibility index (Phi) is 4.00. The maximum atomic E-state index is 11.6. The Labute approximate surface area is 91.7 Å². The summed E-state index contributed by atoms with van der Waals surface area (Å²) in [5.41, 5.74) is -0.308. The highest BCUT2D eigenvalue weighted by molar-refractivity contribution is 7.48. The van der Waals surface area contributed by atoms with E-state index >= 15 is 0 Å². The van der Waals surface area contributed by atoms with Crippen molar-refractivity contribution >= 4 is 13.5 Å². The zero-order valence-corrected chi connectivity index (χ0v) is 9.55. The maximum Gasteiger partial charge on any atom is 0.529 e. The summed E-state index contributed by atoms with van der Waals surface area (Å²) in [6.45, 7) is 0. The molecule has 0 N–H and O–H groups in total. The number of hydrogen-bond acceptors (Lipinski definition) is 6. The molecule has 1 aromatic rings. The van der Waals surface area contributed by atoms with Gasteiger partial charge < -0.3 is 4.52 Å². The molecule has 0 aromatic heterocycles. The average Bonchev–Trinajstić information content (AvgIpc) is 2.29. The van der Waals surface area contributed by atoms with Gasteiger partial charge in [0, 0.05) is 20.3 Å². The number of hydrogen-bond donors (Lipinski definition) is 0. The number of nitro groups is 1. The minimum Gasteiger partial charge on any atom is -0.397 e. The van der Waals surface area contributed by atoms with Crippen LogP contribution in [-0.2, 0) is 13.6 Å². The van der Waals surface area contributed by atoms with Crippen LogP contribution < -0.4 is 4.52 Å². The smallest absolute Gasteiger partial charge is 0.397 e. The van der Waals surface area contributed by atoms with Gasteiger partial charge in [-0.3, -0.25) is 19.2 Å². The summed E-state index contributed by atoms with van der Waals surface area (Å²) in [5.74, 6) is -0.167. The lowest BCUT2D eigenvalue weighted by molar-refractivity contribution is -0.385. The van der Waals surface area contributed by atoms with Crippen LogP contribution in [0.1, 0.15) is 0 Å². The molecular formula is C8H10NO6P. The predicted octanol–water partition coefficient (Wildman–Crippen LogP) is 2.37. The topological polar surface area (TPSA) is 87.9 Å². The van der Waals surface area contributed by atoms with Gasteiger partial charge in [0.05, 0.1) is 4.92 Å². The summed E-state index contributed by atoms with van der Waals surface area (Å²) in [7, 11) is -1.53. The third-order valence-electron chi connectivity index (χ3n) is 1.72. The van der Waals surface area contributed by atoms with E-state index in [-0.39, 0.29) is 11.4 Å². The van der Waals surface area contributed by atoms with Crippen molar-refractivity contribution in [1.29, 1.82) is 0 Å². The van der Waals surface area contributed by atoms with Crippen molar-refractivity contribution in [3.05, 3.63) is 34.4 Å². The van der Waals surface area contributed by atoms with Crippen molar-refractivity contribution in [2.45, 2.75) is 0 Å². The van der Waals surface area contributed by atoms with Gasteiger partial charge in [0.2, 0.25) is 5.75 Å².